The van der Waals surface area contributed by atoms with Gasteiger partial charge in [-0.3, -0.25) is 19.2 Å². The number of aliphatic carboxylic acids is 2. The maximum absolute atomic E-state index is 13.4. The molecule has 0 saturated carbocycles. The Morgan fingerprint density at radius 2 is 0.538 bits per heavy atom. The third kappa shape index (κ3) is 61.2. The molecule has 0 aromatic heterocycles. The molecule has 0 spiro atoms. The third-order valence-electron chi connectivity index (χ3n) is 13.4. The van der Waals surface area contributed by atoms with Gasteiger partial charge in [0.05, 0.1) is 258 Å². The largest absolute Gasteiger partial charge is 0.482 e. The predicted molar refractivity (Wildman–Crippen MR) is 372 cm³/mol. The Hall–Kier alpha value is -5.98. The van der Waals surface area contributed by atoms with Crippen LogP contribution in [0.15, 0.2) is 48.5 Å². The summed E-state index contributed by atoms with van der Waals surface area (Å²) in [5.74, 6) is -3.25. The monoisotopic (exact) mass is 1500 g/mol. The average Bonchev–Trinajstić information content (AvgIpc) is 0.889. The Bertz CT molecular complexity index is 2360. The number of rotatable bonds is 79. The fraction of sp³-hybridized carbons (Fsp3) is 0.739. The van der Waals surface area contributed by atoms with Gasteiger partial charge in [-0.25, -0.2) is 9.59 Å². The van der Waals surface area contributed by atoms with Gasteiger partial charge in [-0.2, -0.15) is 0 Å². The number of carbonyl (C=O) groups excluding carboxylic acids is 4. The van der Waals surface area contributed by atoms with Crippen LogP contribution in [0.1, 0.15) is 24.0 Å². The normalized spacial score (nSPS) is 11.9. The summed E-state index contributed by atoms with van der Waals surface area (Å²) in [6.07, 6.45) is 0.242. The Balaban J connectivity index is 1.52. The molecule has 0 fully saturated rings. The van der Waals surface area contributed by atoms with Crippen LogP contribution in [0.3, 0.4) is 0 Å². The highest BCUT2D eigenvalue weighted by Crippen LogP contribution is 2.16. The van der Waals surface area contributed by atoms with Crippen LogP contribution in [-0.4, -0.2) is 355 Å². The van der Waals surface area contributed by atoms with E-state index in [0.29, 0.717) is 208 Å². The van der Waals surface area contributed by atoms with E-state index in [9.17, 15) is 28.8 Å². The van der Waals surface area contributed by atoms with Crippen LogP contribution in [-0.2, 0) is 136 Å². The molecule has 2 aromatic rings. The summed E-state index contributed by atoms with van der Waals surface area (Å²) in [7, 11) is 1.63. The maximum atomic E-state index is 13.4. The lowest BCUT2D eigenvalue weighted by Crippen LogP contribution is -2.48. The van der Waals surface area contributed by atoms with Crippen LogP contribution < -0.4 is 36.5 Å². The van der Waals surface area contributed by atoms with Crippen LogP contribution in [0.2, 0.25) is 0 Å². The Morgan fingerprint density at radius 3 is 0.769 bits per heavy atom. The fourth-order valence-corrected chi connectivity index (χ4v) is 8.28. The molecule has 2 rings (SSSR count). The highest BCUT2D eigenvalue weighted by Gasteiger charge is 2.23. The number of carbonyl (C=O) groups is 6. The average molecular weight is 1500 g/mol. The topological polar surface area (TPSA) is 420 Å². The zero-order chi connectivity index (χ0) is 74.9. The van der Waals surface area contributed by atoms with Crippen molar-refractivity contribution in [2.24, 2.45) is 5.73 Å². The van der Waals surface area contributed by atoms with Crippen molar-refractivity contribution in [2.45, 2.75) is 37.8 Å². The summed E-state index contributed by atoms with van der Waals surface area (Å²) < 4.78 is 120. The molecule has 104 heavy (non-hydrogen) atoms. The Labute approximate surface area is 610 Å². The maximum Gasteiger partial charge on any atom is 0.341 e. The third-order valence-corrected chi connectivity index (χ3v) is 13.4. The van der Waals surface area contributed by atoms with Crippen molar-refractivity contribution in [3.63, 3.8) is 0 Å². The van der Waals surface area contributed by atoms with Crippen molar-refractivity contribution in [2.75, 3.05) is 298 Å². The number of hydrogen-bond donors (Lipinski definition) is 7. The number of carboxylic acids is 2. The Kier molecular flexibility index (Phi) is 64.5. The van der Waals surface area contributed by atoms with Gasteiger partial charge < -0.3 is 141 Å². The van der Waals surface area contributed by atoms with E-state index < -0.39 is 60.9 Å². The highest BCUT2D eigenvalue weighted by molar-refractivity contribution is 5.88. The minimum absolute atomic E-state index is 0.000720. The smallest absolute Gasteiger partial charge is 0.341 e. The van der Waals surface area contributed by atoms with E-state index in [1.807, 2.05) is 0 Å². The van der Waals surface area contributed by atoms with Crippen LogP contribution in [0.4, 0.5) is 0 Å². The number of carboxylic acid groups (broad SMARTS) is 2. The molecule has 4 amide bonds. The molecule has 35 nitrogen and oxygen atoms in total. The van der Waals surface area contributed by atoms with E-state index in [4.69, 9.17) is 120 Å². The van der Waals surface area contributed by atoms with Gasteiger partial charge in [-0.15, -0.1) is 0 Å². The van der Waals surface area contributed by atoms with Crippen molar-refractivity contribution in [3.8, 4) is 11.5 Å². The molecule has 0 aliphatic heterocycles. The standard InChI is InChI=1S/C69H117N5O30/c1-83-20-21-89-32-33-95-40-41-97-44-45-99-48-49-101-52-53-102-51-50-100-47-46-98-43-42-96-39-38-94-31-26-88-19-14-72-69(82)63(55-59-4-8-61(9-5-59)104-57-67(79)80)74-65(76)11-16-85-23-28-91-35-37-93-30-25-87-18-13-71-68(81)62(54-58-2-6-60(7-3-58)103-56-66(77)78)73-64(75)10-15-84-22-27-90-34-36-92-29-24-86-17-12-70/h2-9,62-63H,10-57,70H2,1H3,(H,71,81)(H,72,82)(H,73,75)(H,74,76)(H,77,78)(H,79,80). The first-order valence-corrected chi connectivity index (χ1v) is 35.2. The van der Waals surface area contributed by atoms with Crippen LogP contribution >= 0.6 is 0 Å². The van der Waals surface area contributed by atoms with E-state index in [-0.39, 0.29) is 118 Å². The zero-order valence-corrected chi connectivity index (χ0v) is 60.6. The number of hydrogen-bond acceptors (Lipinski definition) is 29. The molecule has 0 aliphatic carbocycles. The van der Waals surface area contributed by atoms with E-state index in [1.165, 1.54) is 0 Å². The first-order valence-electron chi connectivity index (χ1n) is 35.2. The van der Waals surface area contributed by atoms with Gasteiger partial charge in [-0.05, 0) is 35.4 Å². The van der Waals surface area contributed by atoms with Crippen molar-refractivity contribution >= 4 is 35.6 Å². The lowest BCUT2D eigenvalue weighted by Gasteiger charge is -2.19. The summed E-state index contributed by atoms with van der Waals surface area (Å²) in [6, 6.07) is 11.2. The lowest BCUT2D eigenvalue weighted by atomic mass is 10.0. The second kappa shape index (κ2) is 71.3. The van der Waals surface area contributed by atoms with E-state index in [1.54, 1.807) is 55.6 Å². The van der Waals surface area contributed by atoms with Gasteiger partial charge in [0.1, 0.15) is 23.6 Å². The van der Waals surface area contributed by atoms with E-state index >= 15 is 0 Å². The molecule has 598 valence electrons. The summed E-state index contributed by atoms with van der Waals surface area (Å²) in [5.41, 5.74) is 6.77. The fourth-order valence-electron chi connectivity index (χ4n) is 8.28. The second-order valence-electron chi connectivity index (χ2n) is 21.8. The Morgan fingerprint density at radius 1 is 0.317 bits per heavy atom. The number of benzene rings is 2. The van der Waals surface area contributed by atoms with Crippen molar-refractivity contribution in [1.29, 1.82) is 0 Å². The number of nitrogens with one attached hydrogen (secondary N) is 4. The van der Waals surface area contributed by atoms with Gasteiger partial charge in [0, 0.05) is 52.4 Å². The van der Waals surface area contributed by atoms with Gasteiger partial charge in [0.15, 0.2) is 13.2 Å². The molecule has 2 unspecified atom stereocenters. The predicted octanol–water partition coefficient (Wildman–Crippen LogP) is -0.699. The first-order chi connectivity index (χ1) is 51.0. The minimum atomic E-state index is -1.12. The van der Waals surface area contributed by atoms with Crippen molar-refractivity contribution in [1.82, 2.24) is 21.3 Å². The molecule has 2 atom stereocenters. The molecule has 2 aromatic carbocycles. The quantitative estimate of drug-likeness (QED) is 0.0403. The number of amides is 4. The molecule has 0 bridgehead atoms. The van der Waals surface area contributed by atoms with Crippen molar-refractivity contribution < 1.29 is 143 Å². The number of methoxy groups -OCH3 is 1. The van der Waals surface area contributed by atoms with Gasteiger partial charge in [0.25, 0.3) is 0 Å². The van der Waals surface area contributed by atoms with E-state index in [0.717, 1.165) is 0 Å². The molecule has 0 radical (unpaired) electrons. The lowest BCUT2D eigenvalue weighted by molar-refractivity contribution is -0.140. The van der Waals surface area contributed by atoms with E-state index in [2.05, 4.69) is 21.3 Å². The minimum Gasteiger partial charge on any atom is -0.482 e. The van der Waals surface area contributed by atoms with Gasteiger partial charge in [0.2, 0.25) is 23.6 Å². The SMILES string of the molecule is COCCOCCOCCOCCOCCOCCOCCOCCOCCOCCOCCOCCNC(=O)C(Cc1ccc(OCC(=O)O)cc1)NC(=O)CCOCCOCCOCCOCCNC(=O)C(Cc1ccc(OCC(=O)O)cc1)NC(=O)CCOCCOCCOCCOCCN. The van der Waals surface area contributed by atoms with Crippen LogP contribution in [0, 0.1) is 0 Å². The summed E-state index contributed by atoms with van der Waals surface area (Å²) >= 11 is 0. The molecule has 0 heterocycles. The highest BCUT2D eigenvalue weighted by atomic mass is 16.6. The number of nitrogens with two attached hydrogens (primary N) is 1. The molecule has 0 aliphatic rings. The van der Waals surface area contributed by atoms with Crippen molar-refractivity contribution in [3.05, 3.63) is 59.7 Å². The summed E-state index contributed by atoms with van der Waals surface area (Å²) in [5, 5.41) is 29.0. The van der Waals surface area contributed by atoms with Crippen LogP contribution in [0.25, 0.3) is 0 Å². The molecule has 35 heteroatoms. The molecule has 0 saturated heterocycles. The van der Waals surface area contributed by atoms with Crippen LogP contribution in [0.5, 0.6) is 11.5 Å². The number of ether oxygens (including phenoxy) is 22. The summed E-state index contributed by atoms with van der Waals surface area (Å²) in [4.78, 5) is 74.5. The molecular formula is C69H117N5O30. The summed E-state index contributed by atoms with van der Waals surface area (Å²) in [6.45, 7) is 14.3. The van der Waals surface area contributed by atoms with Gasteiger partial charge >= 0.3 is 11.9 Å². The second-order valence-corrected chi connectivity index (χ2v) is 21.8. The first kappa shape index (κ1) is 94.1. The zero-order valence-electron chi connectivity index (χ0n) is 60.6. The van der Waals surface area contributed by atoms with Gasteiger partial charge in [-0.1, -0.05) is 24.3 Å². The molecular weight excluding hydrogens is 1380 g/mol. The molecule has 8 N–H and O–H groups in total.